The molecule has 26 heavy (non-hydrogen) atoms. The molecule has 0 aliphatic rings. The first kappa shape index (κ1) is 20.2. The van der Waals surface area contributed by atoms with E-state index in [0.717, 1.165) is 12.2 Å². The van der Waals surface area contributed by atoms with Crippen LogP contribution in [-0.4, -0.2) is 56.0 Å². The van der Waals surface area contributed by atoms with Crippen LogP contribution < -0.4 is 9.21 Å². The Hall–Kier alpha value is -2.09. The molecule has 0 N–H and O–H groups in total. The van der Waals surface area contributed by atoms with Crippen molar-refractivity contribution in [1.82, 2.24) is 0 Å². The van der Waals surface area contributed by atoms with Crippen LogP contribution >= 0.6 is 0 Å². The number of benzene rings is 2. The summed E-state index contributed by atoms with van der Waals surface area (Å²) in [5.74, 6) is 0. The van der Waals surface area contributed by atoms with E-state index in [-0.39, 0.29) is 11.4 Å². The zero-order valence-corrected chi connectivity index (χ0v) is 16.3. The molecule has 0 heterocycles. The number of likely N-dealkylation sites (N-methyl/N-ethyl adjacent to an activating group) is 1. The minimum Gasteiger partial charge on any atom is -0.383 e. The summed E-state index contributed by atoms with van der Waals surface area (Å²) in [6.45, 7) is 1.93. The van der Waals surface area contributed by atoms with E-state index < -0.39 is 10.0 Å². The van der Waals surface area contributed by atoms with Crippen molar-refractivity contribution < 1.29 is 17.9 Å². The lowest BCUT2D eigenvalue weighted by atomic mass is 10.2. The summed E-state index contributed by atoms with van der Waals surface area (Å²) in [7, 11) is 1.54. The second kappa shape index (κ2) is 9.56. The van der Waals surface area contributed by atoms with Crippen LogP contribution in [0.4, 0.5) is 11.4 Å². The topological polar surface area (TPSA) is 59.1 Å². The molecule has 0 aliphatic carbocycles. The lowest BCUT2D eigenvalue weighted by Gasteiger charge is -2.25. The van der Waals surface area contributed by atoms with E-state index in [1.54, 1.807) is 44.6 Å². The van der Waals surface area contributed by atoms with Crippen molar-refractivity contribution in [1.29, 1.82) is 0 Å². The van der Waals surface area contributed by atoms with Gasteiger partial charge in [-0.3, -0.25) is 4.31 Å². The van der Waals surface area contributed by atoms with Gasteiger partial charge in [-0.15, -0.1) is 0 Å². The second-order valence-electron chi connectivity index (χ2n) is 5.81. The Labute approximate surface area is 156 Å². The van der Waals surface area contributed by atoms with E-state index in [2.05, 4.69) is 4.90 Å². The molecule has 0 saturated carbocycles. The van der Waals surface area contributed by atoms with Gasteiger partial charge in [0.05, 0.1) is 30.3 Å². The zero-order valence-electron chi connectivity index (χ0n) is 15.5. The van der Waals surface area contributed by atoms with Crippen LogP contribution in [-0.2, 0) is 19.5 Å². The highest BCUT2D eigenvalue weighted by Crippen LogP contribution is 2.25. The molecule has 2 aromatic carbocycles. The molecule has 2 aromatic rings. The van der Waals surface area contributed by atoms with Gasteiger partial charge >= 0.3 is 0 Å². The average Bonchev–Trinajstić information content (AvgIpc) is 2.67. The van der Waals surface area contributed by atoms with Crippen LogP contribution in [0.15, 0.2) is 59.5 Å². The third-order valence-corrected chi connectivity index (χ3v) is 5.88. The van der Waals surface area contributed by atoms with Crippen molar-refractivity contribution in [2.45, 2.75) is 4.90 Å². The van der Waals surface area contributed by atoms with Gasteiger partial charge in [0.25, 0.3) is 10.0 Å². The van der Waals surface area contributed by atoms with Gasteiger partial charge in [-0.2, -0.15) is 0 Å². The number of rotatable bonds is 10. The number of methoxy groups -OCH3 is 2. The van der Waals surface area contributed by atoms with Gasteiger partial charge in [0.1, 0.15) is 0 Å². The Morgan fingerprint density at radius 3 is 1.92 bits per heavy atom. The summed E-state index contributed by atoms with van der Waals surface area (Å²) in [5.41, 5.74) is 1.60. The maximum Gasteiger partial charge on any atom is 0.264 e. The summed E-state index contributed by atoms with van der Waals surface area (Å²) in [4.78, 5) is 2.32. The molecule has 2 rings (SSSR count). The lowest BCUT2D eigenvalue weighted by molar-refractivity contribution is 0.206. The summed E-state index contributed by atoms with van der Waals surface area (Å²) in [5, 5.41) is 0. The third kappa shape index (κ3) is 4.97. The molecular weight excluding hydrogens is 352 g/mol. The molecule has 142 valence electrons. The highest BCUT2D eigenvalue weighted by molar-refractivity contribution is 7.92. The van der Waals surface area contributed by atoms with E-state index >= 15 is 0 Å². The summed E-state index contributed by atoms with van der Waals surface area (Å²) >= 11 is 0. The van der Waals surface area contributed by atoms with E-state index in [1.807, 2.05) is 31.3 Å². The molecule has 0 fully saturated rings. The Balaban J connectivity index is 2.29. The predicted octanol–water partition coefficient (Wildman–Crippen LogP) is 2.61. The molecule has 0 atom stereocenters. The van der Waals surface area contributed by atoms with Gasteiger partial charge in [-0.1, -0.05) is 18.2 Å². The minimum atomic E-state index is -3.65. The maximum absolute atomic E-state index is 13.0. The Bertz CT molecular complexity index is 764. The smallest absolute Gasteiger partial charge is 0.264 e. The second-order valence-corrected chi connectivity index (χ2v) is 7.68. The van der Waals surface area contributed by atoms with Crippen LogP contribution in [0, 0.1) is 0 Å². The molecule has 0 aliphatic heterocycles. The van der Waals surface area contributed by atoms with Crippen molar-refractivity contribution >= 4 is 21.4 Å². The first-order valence-corrected chi connectivity index (χ1v) is 9.81. The van der Waals surface area contributed by atoms with Gasteiger partial charge in [0.2, 0.25) is 0 Å². The highest BCUT2D eigenvalue weighted by atomic mass is 32.2. The molecular formula is C19H26N2O4S. The largest absolute Gasteiger partial charge is 0.383 e. The van der Waals surface area contributed by atoms with E-state index in [4.69, 9.17) is 9.47 Å². The lowest BCUT2D eigenvalue weighted by Crippen LogP contribution is -2.34. The Kier molecular flexibility index (Phi) is 7.44. The monoisotopic (exact) mass is 378 g/mol. The predicted molar refractivity (Wildman–Crippen MR) is 104 cm³/mol. The summed E-state index contributed by atoms with van der Waals surface area (Å²) in [6, 6.07) is 15.9. The molecule has 0 saturated heterocycles. The molecule has 0 spiro atoms. The fourth-order valence-corrected chi connectivity index (χ4v) is 3.98. The zero-order chi connectivity index (χ0) is 19.0. The molecule has 0 radical (unpaired) electrons. The normalized spacial score (nSPS) is 11.3. The number of anilines is 2. The molecule has 0 amide bonds. The minimum absolute atomic E-state index is 0.243. The highest BCUT2D eigenvalue weighted by Gasteiger charge is 2.24. The molecule has 0 bridgehead atoms. The van der Waals surface area contributed by atoms with Gasteiger partial charge in [-0.05, 0) is 36.4 Å². The Morgan fingerprint density at radius 2 is 1.35 bits per heavy atom. The molecule has 7 heteroatoms. The number of hydrogen-bond donors (Lipinski definition) is 0. The molecule has 6 nitrogen and oxygen atoms in total. The Morgan fingerprint density at radius 1 is 0.808 bits per heavy atom. The number of sulfonamides is 1. The summed E-state index contributed by atoms with van der Waals surface area (Å²) in [6.07, 6.45) is 0. The van der Waals surface area contributed by atoms with Crippen LogP contribution in [0.1, 0.15) is 0 Å². The average molecular weight is 378 g/mol. The van der Waals surface area contributed by atoms with E-state index in [0.29, 0.717) is 18.9 Å². The maximum atomic E-state index is 13.0. The van der Waals surface area contributed by atoms with Crippen molar-refractivity contribution in [3.05, 3.63) is 54.6 Å². The summed E-state index contributed by atoms with van der Waals surface area (Å²) < 4.78 is 37.7. The SMILES string of the molecule is COCCN(C)c1ccc(N(CCOC)S(=O)(=O)c2ccccc2)cc1. The number of ether oxygens (including phenoxy) is 2. The standard InChI is InChI=1S/C19H26N2O4S/c1-20(13-15-24-2)17-9-11-18(12-10-17)21(14-16-25-3)26(22,23)19-7-5-4-6-8-19/h4-12H,13-16H2,1-3H3. The van der Waals surface area contributed by atoms with Gasteiger partial charge in [-0.25, -0.2) is 8.42 Å². The van der Waals surface area contributed by atoms with Crippen LogP contribution in [0.2, 0.25) is 0 Å². The number of hydrogen-bond acceptors (Lipinski definition) is 5. The number of nitrogens with zero attached hydrogens (tertiary/aromatic N) is 2. The van der Waals surface area contributed by atoms with Crippen LogP contribution in [0.3, 0.4) is 0 Å². The van der Waals surface area contributed by atoms with E-state index in [1.165, 1.54) is 4.31 Å². The molecule has 0 unspecified atom stereocenters. The van der Waals surface area contributed by atoms with Crippen molar-refractivity contribution in [2.24, 2.45) is 0 Å². The van der Waals surface area contributed by atoms with Crippen LogP contribution in [0.5, 0.6) is 0 Å². The van der Waals surface area contributed by atoms with Crippen molar-refractivity contribution in [2.75, 3.05) is 56.8 Å². The third-order valence-electron chi connectivity index (χ3n) is 4.04. The van der Waals surface area contributed by atoms with Gasteiger partial charge < -0.3 is 14.4 Å². The quantitative estimate of drug-likeness (QED) is 0.636. The molecule has 0 aromatic heterocycles. The van der Waals surface area contributed by atoms with Gasteiger partial charge in [0, 0.05) is 33.5 Å². The fraction of sp³-hybridized carbons (Fsp3) is 0.368. The van der Waals surface area contributed by atoms with Crippen molar-refractivity contribution in [3.8, 4) is 0 Å². The first-order chi connectivity index (χ1) is 12.5. The fourth-order valence-electron chi connectivity index (χ4n) is 2.51. The van der Waals surface area contributed by atoms with Gasteiger partial charge in [0.15, 0.2) is 0 Å². The van der Waals surface area contributed by atoms with Crippen molar-refractivity contribution in [3.63, 3.8) is 0 Å². The first-order valence-electron chi connectivity index (χ1n) is 8.37. The van der Waals surface area contributed by atoms with Crippen LogP contribution in [0.25, 0.3) is 0 Å². The van der Waals surface area contributed by atoms with E-state index in [9.17, 15) is 8.42 Å².